The van der Waals surface area contributed by atoms with Gasteiger partial charge in [0.25, 0.3) is 0 Å². The van der Waals surface area contributed by atoms with Crippen LogP contribution in [0.3, 0.4) is 0 Å². The van der Waals surface area contributed by atoms with Crippen molar-refractivity contribution in [3.63, 3.8) is 0 Å². The maximum absolute atomic E-state index is 9.49. The predicted molar refractivity (Wildman–Crippen MR) is 131 cm³/mol. The number of nitriles is 2. The van der Waals surface area contributed by atoms with E-state index in [0.717, 1.165) is 20.4 Å². The molecule has 0 saturated heterocycles. The summed E-state index contributed by atoms with van der Waals surface area (Å²) in [5, 5.41) is 37.9. The van der Waals surface area contributed by atoms with E-state index >= 15 is 0 Å². The first-order valence-corrected chi connectivity index (χ1v) is 11.7. The zero-order valence-electron chi connectivity index (χ0n) is 16.3. The first-order valence-electron chi connectivity index (χ1n) is 9.00. The van der Waals surface area contributed by atoms with E-state index in [9.17, 15) is 10.2 Å². The molecule has 0 fully saturated rings. The van der Waals surface area contributed by atoms with Crippen molar-refractivity contribution < 1.29 is 10.2 Å². The largest absolute Gasteiger partial charge is 0.510 e. The molecule has 160 valence electrons. The monoisotopic (exact) mass is 500 g/mol. The highest BCUT2D eigenvalue weighted by Gasteiger charge is 2.13. The SMILES string of the molecule is N#C/C(=C(/O)CCl)c1nc2ccccc2s1.N#C/C(=C(/O)CCl)c1nc2ccccc2s1. The third-order valence-electron chi connectivity index (χ3n) is 4.07. The summed E-state index contributed by atoms with van der Waals surface area (Å²) in [5.74, 6) is -0.441. The number of benzene rings is 2. The van der Waals surface area contributed by atoms with Gasteiger partial charge in [-0.2, -0.15) is 10.5 Å². The number of alkyl halides is 2. The van der Waals surface area contributed by atoms with Gasteiger partial charge in [-0.1, -0.05) is 24.3 Å². The topological polar surface area (TPSA) is 114 Å². The van der Waals surface area contributed by atoms with Gasteiger partial charge in [-0.3, -0.25) is 0 Å². The average molecular weight is 501 g/mol. The van der Waals surface area contributed by atoms with Crippen LogP contribution in [-0.4, -0.2) is 31.9 Å². The van der Waals surface area contributed by atoms with Crippen molar-refractivity contribution >= 4 is 77.5 Å². The van der Waals surface area contributed by atoms with Gasteiger partial charge in [0.1, 0.15) is 44.8 Å². The maximum atomic E-state index is 9.49. The molecular weight excluding hydrogens is 487 g/mol. The lowest BCUT2D eigenvalue weighted by Crippen LogP contribution is -1.89. The molecule has 2 heterocycles. The van der Waals surface area contributed by atoms with Crippen LogP contribution in [0.1, 0.15) is 10.0 Å². The number of hydrogen-bond acceptors (Lipinski definition) is 8. The minimum atomic E-state index is -0.136. The number of aromatic nitrogens is 2. The van der Waals surface area contributed by atoms with Crippen LogP contribution >= 0.6 is 45.9 Å². The summed E-state index contributed by atoms with van der Waals surface area (Å²) in [4.78, 5) is 8.54. The Hall–Kier alpha value is -3.14. The van der Waals surface area contributed by atoms with E-state index in [1.807, 2.05) is 60.7 Å². The normalized spacial score (nSPS) is 12.2. The molecule has 2 aromatic carbocycles. The van der Waals surface area contributed by atoms with Gasteiger partial charge in [0.15, 0.2) is 0 Å². The third kappa shape index (κ3) is 5.18. The Morgan fingerprint density at radius 3 is 1.44 bits per heavy atom. The minimum absolute atomic E-state index is 0.0845. The number of halogens is 2. The van der Waals surface area contributed by atoms with Crippen molar-refractivity contribution in [3.8, 4) is 12.1 Å². The van der Waals surface area contributed by atoms with Gasteiger partial charge in [0.05, 0.1) is 32.2 Å². The molecule has 10 heteroatoms. The first-order chi connectivity index (χ1) is 15.5. The summed E-state index contributed by atoms with van der Waals surface area (Å²) in [6.45, 7) is 0. The second kappa shape index (κ2) is 10.9. The molecule has 0 aliphatic rings. The van der Waals surface area contributed by atoms with E-state index in [2.05, 4.69) is 9.97 Å². The molecule has 0 radical (unpaired) electrons. The van der Waals surface area contributed by atoms with Crippen LogP contribution in [0.5, 0.6) is 0 Å². The Kier molecular flexibility index (Phi) is 8.04. The van der Waals surface area contributed by atoms with E-state index in [1.54, 1.807) is 0 Å². The number of rotatable bonds is 4. The summed E-state index contributed by atoms with van der Waals surface area (Å²) in [5.41, 5.74) is 1.93. The lowest BCUT2D eigenvalue weighted by Gasteiger charge is -1.95. The molecule has 4 rings (SSSR count). The second-order valence-electron chi connectivity index (χ2n) is 6.11. The number of aliphatic hydroxyl groups is 2. The quantitative estimate of drug-likeness (QED) is 0.184. The van der Waals surface area contributed by atoms with Crippen molar-refractivity contribution in [3.05, 3.63) is 70.1 Å². The van der Waals surface area contributed by atoms with Gasteiger partial charge >= 0.3 is 0 Å². The molecule has 32 heavy (non-hydrogen) atoms. The maximum Gasteiger partial charge on any atom is 0.138 e. The smallest absolute Gasteiger partial charge is 0.138 e. The minimum Gasteiger partial charge on any atom is -0.510 e. The fourth-order valence-corrected chi connectivity index (χ4v) is 4.80. The van der Waals surface area contributed by atoms with E-state index in [1.165, 1.54) is 22.7 Å². The molecule has 0 aliphatic heterocycles. The molecule has 0 spiro atoms. The lowest BCUT2D eigenvalue weighted by molar-refractivity contribution is 0.419. The molecule has 2 aromatic heterocycles. The van der Waals surface area contributed by atoms with Crippen molar-refractivity contribution in [1.29, 1.82) is 10.5 Å². The van der Waals surface area contributed by atoms with Crippen molar-refractivity contribution in [2.75, 3.05) is 11.8 Å². The fraction of sp³-hybridized carbons (Fsp3) is 0.0909. The number of para-hydroxylation sites is 2. The summed E-state index contributed by atoms with van der Waals surface area (Å²) in [7, 11) is 0. The molecular formula is C22H14Cl2N4O2S2. The van der Waals surface area contributed by atoms with Crippen LogP contribution in [0.2, 0.25) is 0 Å². The van der Waals surface area contributed by atoms with E-state index in [-0.39, 0.29) is 34.4 Å². The molecule has 0 atom stereocenters. The van der Waals surface area contributed by atoms with Gasteiger partial charge in [-0.15, -0.1) is 45.9 Å². The van der Waals surface area contributed by atoms with E-state index in [0.29, 0.717) is 10.0 Å². The Bertz CT molecular complexity index is 1240. The molecule has 4 aromatic rings. The average Bonchev–Trinajstić information content (AvgIpc) is 3.44. The van der Waals surface area contributed by atoms with E-state index < -0.39 is 0 Å². The molecule has 0 saturated carbocycles. The number of fused-ring (bicyclic) bond motifs is 2. The zero-order valence-corrected chi connectivity index (χ0v) is 19.4. The predicted octanol–water partition coefficient (Wildman–Crippen LogP) is 6.66. The Morgan fingerprint density at radius 1 is 0.750 bits per heavy atom. The summed E-state index contributed by atoms with van der Waals surface area (Å²) in [6, 6.07) is 19.0. The highest BCUT2D eigenvalue weighted by molar-refractivity contribution is 7.20. The molecule has 0 amide bonds. The van der Waals surface area contributed by atoms with Gasteiger partial charge in [-0.25, -0.2) is 9.97 Å². The standard InChI is InChI=1S/2C11H7ClN2OS/c2*12-5-9(15)7(6-13)11-14-8-3-1-2-4-10(8)16-11/h2*1-4,15H,5H2/b2*9-7-. The highest BCUT2D eigenvalue weighted by Crippen LogP contribution is 2.29. The van der Waals surface area contributed by atoms with Crippen LogP contribution in [-0.2, 0) is 0 Å². The first kappa shape index (κ1) is 23.5. The Morgan fingerprint density at radius 2 is 1.12 bits per heavy atom. The lowest BCUT2D eigenvalue weighted by atomic mass is 10.2. The molecule has 0 unspecified atom stereocenters. The van der Waals surface area contributed by atoms with Crippen LogP contribution in [0.25, 0.3) is 31.6 Å². The van der Waals surface area contributed by atoms with Crippen molar-refractivity contribution in [1.82, 2.24) is 9.97 Å². The van der Waals surface area contributed by atoms with Crippen molar-refractivity contribution in [2.45, 2.75) is 0 Å². The van der Waals surface area contributed by atoms with Crippen LogP contribution in [0.4, 0.5) is 0 Å². The van der Waals surface area contributed by atoms with Crippen LogP contribution in [0, 0.1) is 22.7 Å². The Labute approximate surface area is 201 Å². The van der Waals surface area contributed by atoms with Crippen LogP contribution < -0.4 is 0 Å². The van der Waals surface area contributed by atoms with Gasteiger partial charge < -0.3 is 10.2 Å². The number of allylic oxidation sites excluding steroid dienone is 4. The summed E-state index contributed by atoms with van der Waals surface area (Å²) >= 11 is 13.7. The number of aliphatic hydroxyl groups excluding tert-OH is 2. The fourth-order valence-electron chi connectivity index (χ4n) is 2.56. The second-order valence-corrected chi connectivity index (χ2v) is 8.70. The van der Waals surface area contributed by atoms with Gasteiger partial charge in [0, 0.05) is 0 Å². The van der Waals surface area contributed by atoms with Crippen molar-refractivity contribution in [2.24, 2.45) is 0 Å². The zero-order chi connectivity index (χ0) is 23.1. The number of thiazole rings is 2. The van der Waals surface area contributed by atoms with Gasteiger partial charge in [0.2, 0.25) is 0 Å². The van der Waals surface area contributed by atoms with Gasteiger partial charge in [-0.05, 0) is 24.3 Å². The third-order valence-corrected chi connectivity index (χ3v) is 6.68. The molecule has 0 bridgehead atoms. The van der Waals surface area contributed by atoms with E-state index in [4.69, 9.17) is 33.7 Å². The molecule has 6 nitrogen and oxygen atoms in total. The summed E-state index contributed by atoms with van der Waals surface area (Å²) in [6.07, 6.45) is 0. The van der Waals surface area contributed by atoms with Crippen LogP contribution in [0.15, 0.2) is 60.0 Å². The number of hydrogen-bond donors (Lipinski definition) is 2. The highest BCUT2D eigenvalue weighted by atomic mass is 35.5. The Balaban J connectivity index is 0.000000181. The molecule has 2 N–H and O–H groups in total. The summed E-state index contributed by atoms with van der Waals surface area (Å²) < 4.78 is 1.96. The molecule has 0 aliphatic carbocycles. The number of nitrogens with zero attached hydrogens (tertiary/aromatic N) is 4.